The number of halogens is 1. The van der Waals surface area contributed by atoms with Gasteiger partial charge in [0.15, 0.2) is 0 Å². The van der Waals surface area contributed by atoms with Gasteiger partial charge in [-0.3, -0.25) is 0 Å². The number of hydrogen-bond donors (Lipinski definition) is 1. The molecule has 0 fully saturated rings. The van der Waals surface area contributed by atoms with E-state index in [1.54, 1.807) is 31.5 Å². The maximum Gasteiger partial charge on any atom is 0.341 e. The SMILES string of the molecule is Cc1cc(-n2ccc(-c3nccs3)n2)c(C(=O)O)c(Cl)n1. The Hall–Kier alpha value is -2.25. The number of hydrogen-bond acceptors (Lipinski definition) is 5. The summed E-state index contributed by atoms with van der Waals surface area (Å²) in [4.78, 5) is 19.5. The molecule has 0 atom stereocenters. The average molecular weight is 321 g/mol. The van der Waals surface area contributed by atoms with E-state index in [1.165, 1.54) is 16.0 Å². The first kappa shape index (κ1) is 13.7. The third-order valence-electron chi connectivity index (χ3n) is 2.78. The number of rotatable bonds is 3. The highest BCUT2D eigenvalue weighted by atomic mass is 35.5. The van der Waals surface area contributed by atoms with Crippen LogP contribution in [0, 0.1) is 6.92 Å². The number of pyridine rings is 1. The van der Waals surface area contributed by atoms with Crippen LogP contribution in [0.5, 0.6) is 0 Å². The molecule has 3 aromatic rings. The van der Waals surface area contributed by atoms with Crippen LogP contribution >= 0.6 is 22.9 Å². The summed E-state index contributed by atoms with van der Waals surface area (Å²) in [5.74, 6) is -1.14. The summed E-state index contributed by atoms with van der Waals surface area (Å²) in [5.41, 5.74) is 1.59. The fraction of sp³-hybridized carbons (Fsp3) is 0.0769. The van der Waals surface area contributed by atoms with E-state index >= 15 is 0 Å². The molecule has 0 aliphatic carbocycles. The number of carboxylic acid groups (broad SMARTS) is 1. The normalized spacial score (nSPS) is 10.8. The molecule has 106 valence electrons. The third kappa shape index (κ3) is 2.53. The van der Waals surface area contributed by atoms with E-state index in [0.717, 1.165) is 5.01 Å². The van der Waals surface area contributed by atoms with Crippen molar-refractivity contribution in [3.05, 3.63) is 46.3 Å². The van der Waals surface area contributed by atoms with Gasteiger partial charge in [-0.1, -0.05) is 11.6 Å². The number of aromatic carboxylic acids is 1. The molecule has 0 bridgehead atoms. The van der Waals surface area contributed by atoms with Crippen LogP contribution < -0.4 is 0 Å². The molecular formula is C13H9ClN4O2S. The van der Waals surface area contributed by atoms with E-state index < -0.39 is 5.97 Å². The molecule has 0 radical (unpaired) electrons. The molecule has 0 aromatic carbocycles. The molecule has 3 heterocycles. The molecule has 8 heteroatoms. The van der Waals surface area contributed by atoms with Crippen LogP contribution in [-0.2, 0) is 0 Å². The summed E-state index contributed by atoms with van der Waals surface area (Å²) >= 11 is 7.40. The second-order valence-electron chi connectivity index (χ2n) is 4.24. The zero-order chi connectivity index (χ0) is 15.0. The number of carbonyl (C=O) groups is 1. The molecule has 1 N–H and O–H groups in total. The molecule has 0 spiro atoms. The number of nitrogens with zero attached hydrogens (tertiary/aromatic N) is 4. The van der Waals surface area contributed by atoms with Crippen LogP contribution in [0.3, 0.4) is 0 Å². The maximum absolute atomic E-state index is 11.4. The highest BCUT2D eigenvalue weighted by molar-refractivity contribution is 7.13. The molecule has 0 amide bonds. The highest BCUT2D eigenvalue weighted by Crippen LogP contribution is 2.25. The molecule has 0 aliphatic heterocycles. The second-order valence-corrected chi connectivity index (χ2v) is 5.49. The minimum Gasteiger partial charge on any atom is -0.478 e. The van der Waals surface area contributed by atoms with E-state index in [4.69, 9.17) is 11.6 Å². The number of aryl methyl sites for hydroxylation is 1. The maximum atomic E-state index is 11.4. The first-order valence-corrected chi connectivity index (χ1v) is 7.18. The molecular weight excluding hydrogens is 312 g/mol. The van der Waals surface area contributed by atoms with Crippen LogP contribution in [0.15, 0.2) is 29.9 Å². The summed E-state index contributed by atoms with van der Waals surface area (Å²) in [6, 6.07) is 3.40. The molecule has 3 rings (SSSR count). The minimum atomic E-state index is -1.14. The van der Waals surface area contributed by atoms with Gasteiger partial charge in [-0.15, -0.1) is 11.3 Å². The molecule has 6 nitrogen and oxygen atoms in total. The Labute approximate surface area is 128 Å². The molecule has 0 unspecified atom stereocenters. The molecule has 0 saturated carbocycles. The Morgan fingerprint density at radius 1 is 1.48 bits per heavy atom. The van der Waals surface area contributed by atoms with Gasteiger partial charge in [0.1, 0.15) is 21.4 Å². The molecule has 0 aliphatic rings. The number of carboxylic acids is 1. The van der Waals surface area contributed by atoms with Gasteiger partial charge >= 0.3 is 5.97 Å². The van der Waals surface area contributed by atoms with Crippen molar-refractivity contribution in [3.63, 3.8) is 0 Å². The van der Waals surface area contributed by atoms with Gasteiger partial charge in [0, 0.05) is 23.5 Å². The van der Waals surface area contributed by atoms with Crippen molar-refractivity contribution in [1.82, 2.24) is 19.7 Å². The summed E-state index contributed by atoms with van der Waals surface area (Å²) in [7, 11) is 0. The van der Waals surface area contributed by atoms with E-state index in [1.807, 2.05) is 5.38 Å². The number of aromatic nitrogens is 4. The lowest BCUT2D eigenvalue weighted by atomic mass is 10.2. The van der Waals surface area contributed by atoms with Gasteiger partial charge in [-0.05, 0) is 19.1 Å². The van der Waals surface area contributed by atoms with E-state index in [2.05, 4.69) is 15.1 Å². The first-order valence-electron chi connectivity index (χ1n) is 5.92. The summed E-state index contributed by atoms with van der Waals surface area (Å²) in [5, 5.41) is 16.2. The van der Waals surface area contributed by atoms with Crippen LogP contribution in [-0.4, -0.2) is 30.8 Å². The third-order valence-corrected chi connectivity index (χ3v) is 3.85. The summed E-state index contributed by atoms with van der Waals surface area (Å²) < 4.78 is 1.47. The van der Waals surface area contributed by atoms with E-state index in [9.17, 15) is 9.90 Å². The molecule has 3 aromatic heterocycles. The van der Waals surface area contributed by atoms with Crippen molar-refractivity contribution in [2.24, 2.45) is 0 Å². The molecule has 21 heavy (non-hydrogen) atoms. The monoisotopic (exact) mass is 320 g/mol. The standard InChI is InChI=1S/C13H9ClN4O2S/c1-7-6-9(10(13(19)20)11(14)16-7)18-4-2-8(17-18)12-15-3-5-21-12/h2-6H,1H3,(H,19,20). The van der Waals surface area contributed by atoms with E-state index in [0.29, 0.717) is 17.1 Å². The molecule has 0 saturated heterocycles. The van der Waals surface area contributed by atoms with Crippen molar-refractivity contribution in [2.75, 3.05) is 0 Å². The van der Waals surface area contributed by atoms with Crippen LogP contribution in [0.1, 0.15) is 16.1 Å². The Morgan fingerprint density at radius 3 is 2.95 bits per heavy atom. The fourth-order valence-electron chi connectivity index (χ4n) is 1.92. The van der Waals surface area contributed by atoms with Gasteiger partial charge in [-0.25, -0.2) is 19.4 Å². The Balaban J connectivity index is 2.15. The van der Waals surface area contributed by atoms with E-state index in [-0.39, 0.29) is 10.7 Å². The van der Waals surface area contributed by atoms with Crippen molar-refractivity contribution in [2.45, 2.75) is 6.92 Å². The van der Waals surface area contributed by atoms with Gasteiger partial charge < -0.3 is 5.11 Å². The lowest BCUT2D eigenvalue weighted by molar-refractivity contribution is 0.0696. The Bertz CT molecular complexity index is 814. The average Bonchev–Trinajstić information content (AvgIpc) is 3.08. The number of thiazole rings is 1. The van der Waals surface area contributed by atoms with Gasteiger partial charge in [0.25, 0.3) is 0 Å². The fourth-order valence-corrected chi connectivity index (χ4v) is 2.83. The van der Waals surface area contributed by atoms with Gasteiger partial charge in [-0.2, -0.15) is 5.10 Å². The van der Waals surface area contributed by atoms with Crippen LogP contribution in [0.25, 0.3) is 16.4 Å². The summed E-state index contributed by atoms with van der Waals surface area (Å²) in [6.45, 7) is 1.74. The van der Waals surface area contributed by atoms with Crippen LogP contribution in [0.4, 0.5) is 0 Å². The van der Waals surface area contributed by atoms with Crippen molar-refractivity contribution < 1.29 is 9.90 Å². The zero-order valence-electron chi connectivity index (χ0n) is 10.8. The van der Waals surface area contributed by atoms with Crippen molar-refractivity contribution in [3.8, 4) is 16.4 Å². The van der Waals surface area contributed by atoms with Crippen molar-refractivity contribution >= 4 is 28.9 Å². The van der Waals surface area contributed by atoms with Gasteiger partial charge in [0.2, 0.25) is 0 Å². The minimum absolute atomic E-state index is 0.0520. The lowest BCUT2D eigenvalue weighted by Gasteiger charge is -2.08. The second kappa shape index (κ2) is 5.27. The smallest absolute Gasteiger partial charge is 0.341 e. The lowest BCUT2D eigenvalue weighted by Crippen LogP contribution is -2.09. The predicted octanol–water partition coefficient (Wildman–Crippen LogP) is 3.05. The van der Waals surface area contributed by atoms with Crippen molar-refractivity contribution in [1.29, 1.82) is 0 Å². The highest BCUT2D eigenvalue weighted by Gasteiger charge is 2.19. The first-order chi connectivity index (χ1) is 10.1. The quantitative estimate of drug-likeness (QED) is 0.750. The topological polar surface area (TPSA) is 80.9 Å². The zero-order valence-corrected chi connectivity index (χ0v) is 12.4. The summed E-state index contributed by atoms with van der Waals surface area (Å²) in [6.07, 6.45) is 3.36. The largest absolute Gasteiger partial charge is 0.478 e. The Kier molecular flexibility index (Phi) is 3.44. The predicted molar refractivity (Wildman–Crippen MR) is 79.2 cm³/mol. The Morgan fingerprint density at radius 2 is 2.29 bits per heavy atom. The van der Waals surface area contributed by atoms with Gasteiger partial charge in [0.05, 0.1) is 5.69 Å². The van der Waals surface area contributed by atoms with Crippen LogP contribution in [0.2, 0.25) is 5.15 Å².